The van der Waals surface area contributed by atoms with Gasteiger partial charge in [0.25, 0.3) is 11.8 Å². The molecule has 0 saturated carbocycles. The minimum atomic E-state index is 0.335. The zero-order valence-corrected chi connectivity index (χ0v) is 13.9. The molecule has 120 valence electrons. The lowest BCUT2D eigenvalue weighted by atomic mass is 10.1. The largest absolute Gasteiger partial charge is 0.477 e. The van der Waals surface area contributed by atoms with Crippen LogP contribution in [0.25, 0.3) is 32.8 Å². The van der Waals surface area contributed by atoms with Gasteiger partial charge in [0.1, 0.15) is 16.6 Å². The first-order chi connectivity index (χ1) is 11.6. The molecule has 6 heteroatoms. The van der Waals surface area contributed by atoms with Crippen LogP contribution in [0.4, 0.5) is 0 Å². The van der Waals surface area contributed by atoms with E-state index >= 15 is 0 Å². The van der Waals surface area contributed by atoms with Crippen LogP contribution in [-0.2, 0) is 0 Å². The second kappa shape index (κ2) is 5.26. The van der Waals surface area contributed by atoms with Gasteiger partial charge < -0.3 is 9.47 Å². The van der Waals surface area contributed by atoms with Crippen LogP contribution < -0.4 is 9.47 Å². The van der Waals surface area contributed by atoms with E-state index in [4.69, 9.17) is 19.4 Å². The van der Waals surface area contributed by atoms with Crippen molar-refractivity contribution in [3.05, 3.63) is 35.7 Å². The van der Waals surface area contributed by atoms with Crippen molar-refractivity contribution in [3.63, 3.8) is 0 Å². The number of methoxy groups -OCH3 is 2. The predicted octanol–water partition coefficient (Wildman–Crippen LogP) is 3.36. The van der Waals surface area contributed by atoms with E-state index in [9.17, 15) is 0 Å². The van der Waals surface area contributed by atoms with Gasteiger partial charge in [0.15, 0.2) is 0 Å². The third kappa shape index (κ3) is 1.96. The maximum atomic E-state index is 5.31. The summed E-state index contributed by atoms with van der Waals surface area (Å²) in [4.78, 5) is 18.7. The van der Waals surface area contributed by atoms with Crippen LogP contribution in [-0.4, -0.2) is 34.2 Å². The average Bonchev–Trinajstić information content (AvgIpc) is 2.62. The van der Waals surface area contributed by atoms with Crippen molar-refractivity contribution in [1.82, 2.24) is 19.9 Å². The van der Waals surface area contributed by atoms with E-state index < -0.39 is 0 Å². The summed E-state index contributed by atoms with van der Waals surface area (Å²) in [5, 5.41) is 1.96. The molecule has 0 fully saturated rings. The van der Waals surface area contributed by atoms with E-state index in [2.05, 4.69) is 9.97 Å². The highest BCUT2D eigenvalue weighted by atomic mass is 16.5. The molecule has 6 nitrogen and oxygen atoms in total. The summed E-state index contributed by atoms with van der Waals surface area (Å²) in [6.07, 6.45) is 0. The van der Waals surface area contributed by atoms with Crippen molar-refractivity contribution < 1.29 is 9.47 Å². The first-order valence-electron chi connectivity index (χ1n) is 7.59. The van der Waals surface area contributed by atoms with Gasteiger partial charge in [-0.05, 0) is 13.8 Å². The molecule has 0 atom stereocenters. The number of hydrogen-bond donors (Lipinski definition) is 0. The van der Waals surface area contributed by atoms with Crippen molar-refractivity contribution in [3.8, 4) is 11.8 Å². The van der Waals surface area contributed by atoms with E-state index in [1.165, 1.54) is 0 Å². The second-order valence-electron chi connectivity index (χ2n) is 5.58. The first kappa shape index (κ1) is 14.6. The molecule has 4 rings (SSSR count). The van der Waals surface area contributed by atoms with Gasteiger partial charge in [-0.3, -0.25) is 0 Å². The second-order valence-corrected chi connectivity index (χ2v) is 5.58. The molecular formula is C18H16N4O2. The molecule has 0 N–H and O–H groups in total. The standard InChI is InChI=1S/C18H16N4O2/c1-9-10(2)20-15-13(19-9)11-7-5-6-8-12(11)14-16(15)22-18(24-4)17(21-14)23-3/h5-8H,1-4H3. The maximum absolute atomic E-state index is 5.31. The first-order valence-corrected chi connectivity index (χ1v) is 7.59. The van der Waals surface area contributed by atoms with Gasteiger partial charge in [0.2, 0.25) is 0 Å². The zero-order valence-electron chi connectivity index (χ0n) is 13.9. The molecule has 2 aromatic carbocycles. The Morgan fingerprint density at radius 3 is 1.58 bits per heavy atom. The molecule has 0 radical (unpaired) electrons. The molecule has 2 aromatic heterocycles. The summed E-state index contributed by atoms with van der Waals surface area (Å²) in [5.74, 6) is 0.688. The van der Waals surface area contributed by atoms with Gasteiger partial charge in [0.05, 0.1) is 31.1 Å². The zero-order chi connectivity index (χ0) is 16.8. The number of hydrogen-bond acceptors (Lipinski definition) is 6. The SMILES string of the molecule is COc1nc2c3ccccc3c3nc(C)c(C)nc3c2nc1OC. The lowest BCUT2D eigenvalue weighted by molar-refractivity contribution is 0.334. The summed E-state index contributed by atoms with van der Waals surface area (Å²) in [6, 6.07) is 7.99. The summed E-state index contributed by atoms with van der Waals surface area (Å²) < 4.78 is 10.6. The summed E-state index contributed by atoms with van der Waals surface area (Å²) in [5.41, 5.74) is 4.71. The van der Waals surface area contributed by atoms with E-state index in [1.54, 1.807) is 14.2 Å². The van der Waals surface area contributed by atoms with Gasteiger partial charge >= 0.3 is 0 Å². The monoisotopic (exact) mass is 320 g/mol. The molecule has 0 aliphatic rings. The third-order valence-corrected chi connectivity index (χ3v) is 4.19. The fraction of sp³-hybridized carbons (Fsp3) is 0.222. The van der Waals surface area contributed by atoms with E-state index in [1.807, 2.05) is 38.1 Å². The van der Waals surface area contributed by atoms with E-state index in [0.717, 1.165) is 38.7 Å². The summed E-state index contributed by atoms with van der Waals surface area (Å²) in [7, 11) is 3.09. The number of nitrogens with zero attached hydrogens (tertiary/aromatic N) is 4. The van der Waals surface area contributed by atoms with Gasteiger partial charge in [-0.1, -0.05) is 24.3 Å². The minimum Gasteiger partial charge on any atom is -0.477 e. The highest BCUT2D eigenvalue weighted by Gasteiger charge is 2.18. The number of rotatable bonds is 2. The van der Waals surface area contributed by atoms with Crippen molar-refractivity contribution in [2.75, 3.05) is 14.2 Å². The van der Waals surface area contributed by atoms with Gasteiger partial charge in [-0.25, -0.2) is 19.9 Å². The van der Waals surface area contributed by atoms with Crippen LogP contribution in [0.5, 0.6) is 11.8 Å². The fourth-order valence-electron chi connectivity index (χ4n) is 2.88. The number of fused-ring (bicyclic) bond motifs is 6. The molecule has 0 saturated heterocycles. The number of benzene rings is 2. The average molecular weight is 320 g/mol. The summed E-state index contributed by atoms with van der Waals surface area (Å²) in [6.45, 7) is 3.90. The van der Waals surface area contributed by atoms with Crippen molar-refractivity contribution in [2.45, 2.75) is 13.8 Å². The van der Waals surface area contributed by atoms with Crippen LogP contribution in [0.2, 0.25) is 0 Å². The highest BCUT2D eigenvalue weighted by molar-refractivity contribution is 6.20. The smallest absolute Gasteiger partial charge is 0.278 e. The molecule has 2 heterocycles. The molecule has 24 heavy (non-hydrogen) atoms. The van der Waals surface area contributed by atoms with Crippen molar-refractivity contribution >= 4 is 32.8 Å². The van der Waals surface area contributed by atoms with Crippen LogP contribution in [0.1, 0.15) is 11.4 Å². The molecule has 0 aliphatic carbocycles. The molecule has 0 amide bonds. The number of aryl methyl sites for hydroxylation is 2. The summed E-state index contributed by atoms with van der Waals surface area (Å²) >= 11 is 0. The van der Waals surface area contributed by atoms with Crippen LogP contribution in [0.15, 0.2) is 24.3 Å². The minimum absolute atomic E-state index is 0.335. The molecular weight excluding hydrogens is 304 g/mol. The van der Waals surface area contributed by atoms with Gasteiger partial charge in [-0.2, -0.15) is 0 Å². The molecule has 0 unspecified atom stereocenters. The Hall–Kier alpha value is -3.02. The quantitative estimate of drug-likeness (QED) is 0.527. The fourth-order valence-corrected chi connectivity index (χ4v) is 2.88. The predicted molar refractivity (Wildman–Crippen MR) is 92.7 cm³/mol. The Labute approximate surface area is 138 Å². The molecule has 0 aliphatic heterocycles. The normalized spacial score (nSPS) is 11.3. The Balaban J connectivity index is 2.32. The Kier molecular flexibility index (Phi) is 3.19. The number of aromatic nitrogens is 4. The van der Waals surface area contributed by atoms with E-state index in [-0.39, 0.29) is 0 Å². The highest BCUT2D eigenvalue weighted by Crippen LogP contribution is 2.35. The molecule has 0 spiro atoms. The van der Waals surface area contributed by atoms with E-state index in [0.29, 0.717) is 17.3 Å². The van der Waals surface area contributed by atoms with Gasteiger partial charge in [-0.15, -0.1) is 0 Å². The van der Waals surface area contributed by atoms with Crippen molar-refractivity contribution in [2.24, 2.45) is 0 Å². The maximum Gasteiger partial charge on any atom is 0.278 e. The Morgan fingerprint density at radius 1 is 0.625 bits per heavy atom. The van der Waals surface area contributed by atoms with Crippen LogP contribution in [0, 0.1) is 13.8 Å². The van der Waals surface area contributed by atoms with Crippen LogP contribution >= 0.6 is 0 Å². The number of ether oxygens (including phenoxy) is 2. The van der Waals surface area contributed by atoms with Crippen molar-refractivity contribution in [1.29, 1.82) is 0 Å². The Bertz CT molecular complexity index is 1110. The Morgan fingerprint density at radius 2 is 1.04 bits per heavy atom. The lowest BCUT2D eigenvalue weighted by Gasteiger charge is -2.12. The van der Waals surface area contributed by atoms with Crippen LogP contribution in [0.3, 0.4) is 0 Å². The lowest BCUT2D eigenvalue weighted by Crippen LogP contribution is -2.01. The third-order valence-electron chi connectivity index (χ3n) is 4.19. The topological polar surface area (TPSA) is 70.0 Å². The molecule has 4 aromatic rings. The van der Waals surface area contributed by atoms with Gasteiger partial charge in [0, 0.05) is 10.8 Å². The molecule has 0 bridgehead atoms.